The van der Waals surface area contributed by atoms with Gasteiger partial charge >= 0.3 is 5.97 Å². The van der Waals surface area contributed by atoms with Gasteiger partial charge in [-0.2, -0.15) is 0 Å². The molecular formula is C16H25NO2. The van der Waals surface area contributed by atoms with Crippen molar-refractivity contribution in [2.24, 2.45) is 5.92 Å². The average molecular weight is 263 g/mol. The summed E-state index contributed by atoms with van der Waals surface area (Å²) in [5.41, 5.74) is 1.36. The molecule has 0 aromatic heterocycles. The fraction of sp³-hybridized carbons (Fsp3) is 0.562. The number of carbonyl (C=O) groups excluding carboxylic acids is 1. The number of benzene rings is 1. The first-order valence-corrected chi connectivity index (χ1v) is 6.81. The highest BCUT2D eigenvalue weighted by atomic mass is 16.5. The van der Waals surface area contributed by atoms with E-state index in [4.69, 9.17) is 4.74 Å². The fourth-order valence-electron chi connectivity index (χ4n) is 1.90. The molecule has 0 saturated carbocycles. The molecule has 106 valence electrons. The topological polar surface area (TPSA) is 38.3 Å². The normalized spacial score (nSPS) is 13.1. The van der Waals surface area contributed by atoms with E-state index in [-0.39, 0.29) is 17.4 Å². The molecular weight excluding hydrogens is 238 g/mol. The second kappa shape index (κ2) is 7.29. The van der Waals surface area contributed by atoms with Crippen LogP contribution in [0.4, 0.5) is 0 Å². The van der Waals surface area contributed by atoms with Gasteiger partial charge in [-0.15, -0.1) is 0 Å². The molecule has 0 aliphatic carbocycles. The molecule has 3 nitrogen and oxygen atoms in total. The second-order valence-electron chi connectivity index (χ2n) is 5.67. The molecule has 3 heteroatoms. The van der Waals surface area contributed by atoms with Crippen molar-refractivity contribution in [2.75, 3.05) is 13.7 Å². The number of esters is 1. The van der Waals surface area contributed by atoms with Crippen molar-refractivity contribution in [3.8, 4) is 0 Å². The van der Waals surface area contributed by atoms with Gasteiger partial charge in [0.15, 0.2) is 0 Å². The molecule has 1 aromatic carbocycles. The van der Waals surface area contributed by atoms with Gasteiger partial charge in [-0.3, -0.25) is 4.79 Å². The summed E-state index contributed by atoms with van der Waals surface area (Å²) >= 11 is 0. The molecule has 1 aromatic rings. The third-order valence-electron chi connectivity index (χ3n) is 3.37. The molecule has 0 radical (unpaired) electrons. The Morgan fingerprint density at radius 3 is 2.53 bits per heavy atom. The summed E-state index contributed by atoms with van der Waals surface area (Å²) < 4.78 is 4.73. The van der Waals surface area contributed by atoms with Crippen molar-refractivity contribution >= 4 is 5.97 Å². The Balaban J connectivity index is 2.37. The Labute approximate surface area is 116 Å². The predicted octanol–water partition coefficient (Wildman–Crippen LogP) is 2.80. The fourth-order valence-corrected chi connectivity index (χ4v) is 1.90. The Kier molecular flexibility index (Phi) is 6.03. The molecule has 1 N–H and O–H groups in total. The maximum Gasteiger partial charge on any atom is 0.309 e. The van der Waals surface area contributed by atoms with Crippen LogP contribution in [-0.4, -0.2) is 25.2 Å². The van der Waals surface area contributed by atoms with Gasteiger partial charge in [-0.1, -0.05) is 37.3 Å². The van der Waals surface area contributed by atoms with Gasteiger partial charge in [-0.25, -0.2) is 0 Å². The SMILES string of the molecule is COC(=O)C(C)CNC(C)(C)CCc1ccccc1. The molecule has 1 atom stereocenters. The summed E-state index contributed by atoms with van der Waals surface area (Å²) in [4.78, 5) is 11.3. The first-order valence-electron chi connectivity index (χ1n) is 6.81. The first kappa shape index (κ1) is 15.7. The van der Waals surface area contributed by atoms with Crippen LogP contribution in [0.5, 0.6) is 0 Å². The second-order valence-corrected chi connectivity index (χ2v) is 5.67. The van der Waals surface area contributed by atoms with E-state index < -0.39 is 0 Å². The molecule has 0 aliphatic heterocycles. The number of ether oxygens (including phenoxy) is 1. The minimum atomic E-state index is -0.161. The minimum absolute atomic E-state index is 0.0120. The van der Waals surface area contributed by atoms with Gasteiger partial charge in [0.1, 0.15) is 0 Å². The molecule has 0 spiro atoms. The van der Waals surface area contributed by atoms with Crippen molar-refractivity contribution < 1.29 is 9.53 Å². The van der Waals surface area contributed by atoms with E-state index >= 15 is 0 Å². The Bertz CT molecular complexity index is 387. The summed E-state index contributed by atoms with van der Waals surface area (Å²) in [5.74, 6) is -0.271. The zero-order valence-corrected chi connectivity index (χ0v) is 12.4. The van der Waals surface area contributed by atoms with E-state index in [0.29, 0.717) is 6.54 Å². The van der Waals surface area contributed by atoms with Crippen LogP contribution < -0.4 is 5.32 Å². The van der Waals surface area contributed by atoms with Crippen LogP contribution in [0.3, 0.4) is 0 Å². The van der Waals surface area contributed by atoms with Crippen molar-refractivity contribution in [3.05, 3.63) is 35.9 Å². The van der Waals surface area contributed by atoms with Crippen molar-refractivity contribution in [1.29, 1.82) is 0 Å². The van der Waals surface area contributed by atoms with E-state index in [1.54, 1.807) is 0 Å². The standard InChI is InChI=1S/C16H25NO2/c1-13(15(18)19-4)12-17-16(2,3)11-10-14-8-6-5-7-9-14/h5-9,13,17H,10-12H2,1-4H3. The van der Waals surface area contributed by atoms with Crippen LogP contribution in [0.2, 0.25) is 0 Å². The van der Waals surface area contributed by atoms with Gasteiger partial charge in [0.25, 0.3) is 0 Å². The number of nitrogens with one attached hydrogen (secondary N) is 1. The molecule has 0 saturated heterocycles. The zero-order valence-electron chi connectivity index (χ0n) is 12.4. The van der Waals surface area contributed by atoms with Crippen LogP contribution in [0, 0.1) is 5.92 Å². The number of carbonyl (C=O) groups is 1. The predicted molar refractivity (Wildman–Crippen MR) is 78.0 cm³/mol. The Morgan fingerprint density at radius 2 is 1.95 bits per heavy atom. The molecule has 0 amide bonds. The third-order valence-corrected chi connectivity index (χ3v) is 3.37. The Morgan fingerprint density at radius 1 is 1.32 bits per heavy atom. The summed E-state index contributed by atoms with van der Waals surface area (Å²) in [6.45, 7) is 6.86. The lowest BCUT2D eigenvalue weighted by atomic mass is 9.94. The lowest BCUT2D eigenvalue weighted by molar-refractivity contribution is -0.144. The smallest absolute Gasteiger partial charge is 0.309 e. The molecule has 0 bridgehead atoms. The number of methoxy groups -OCH3 is 1. The van der Waals surface area contributed by atoms with Gasteiger partial charge in [0, 0.05) is 12.1 Å². The average Bonchev–Trinajstić information content (AvgIpc) is 2.43. The molecule has 1 rings (SSSR count). The molecule has 0 heterocycles. The summed E-state index contributed by atoms with van der Waals surface area (Å²) in [6, 6.07) is 10.5. The Hall–Kier alpha value is -1.35. The first-order chi connectivity index (χ1) is 8.94. The van der Waals surface area contributed by atoms with Crippen molar-refractivity contribution in [2.45, 2.75) is 39.2 Å². The molecule has 0 aliphatic rings. The molecule has 19 heavy (non-hydrogen) atoms. The van der Waals surface area contributed by atoms with Gasteiger partial charge in [0.05, 0.1) is 13.0 Å². The van der Waals surface area contributed by atoms with Crippen LogP contribution in [-0.2, 0) is 16.0 Å². The highest BCUT2D eigenvalue weighted by Gasteiger charge is 2.20. The lowest BCUT2D eigenvalue weighted by Gasteiger charge is -2.27. The maximum atomic E-state index is 11.3. The number of hydrogen-bond acceptors (Lipinski definition) is 3. The monoisotopic (exact) mass is 263 g/mol. The summed E-state index contributed by atoms with van der Waals surface area (Å²) in [6.07, 6.45) is 2.07. The van der Waals surface area contributed by atoms with Crippen molar-refractivity contribution in [1.82, 2.24) is 5.32 Å². The largest absolute Gasteiger partial charge is 0.469 e. The van der Waals surface area contributed by atoms with E-state index in [9.17, 15) is 4.79 Å². The van der Waals surface area contributed by atoms with E-state index in [2.05, 4.69) is 43.4 Å². The lowest BCUT2D eigenvalue weighted by Crippen LogP contribution is -2.43. The summed E-state index contributed by atoms with van der Waals surface area (Å²) in [7, 11) is 1.43. The number of rotatable bonds is 7. The zero-order chi connectivity index (χ0) is 14.3. The highest BCUT2D eigenvalue weighted by Crippen LogP contribution is 2.14. The quantitative estimate of drug-likeness (QED) is 0.769. The van der Waals surface area contributed by atoms with Crippen LogP contribution in [0.15, 0.2) is 30.3 Å². The van der Waals surface area contributed by atoms with E-state index in [1.165, 1.54) is 12.7 Å². The van der Waals surface area contributed by atoms with Crippen molar-refractivity contribution in [3.63, 3.8) is 0 Å². The van der Waals surface area contributed by atoms with Crippen LogP contribution in [0.25, 0.3) is 0 Å². The van der Waals surface area contributed by atoms with Gasteiger partial charge in [0.2, 0.25) is 0 Å². The molecule has 0 fully saturated rings. The van der Waals surface area contributed by atoms with E-state index in [0.717, 1.165) is 12.8 Å². The summed E-state index contributed by atoms with van der Waals surface area (Å²) in [5, 5.41) is 3.44. The maximum absolute atomic E-state index is 11.3. The minimum Gasteiger partial charge on any atom is -0.469 e. The number of hydrogen-bond donors (Lipinski definition) is 1. The third kappa shape index (κ3) is 5.88. The van der Waals surface area contributed by atoms with Crippen LogP contribution >= 0.6 is 0 Å². The highest BCUT2D eigenvalue weighted by molar-refractivity contribution is 5.72. The van der Waals surface area contributed by atoms with E-state index in [1.807, 2.05) is 13.0 Å². The number of aryl methyl sites for hydroxylation is 1. The molecule has 1 unspecified atom stereocenters. The van der Waals surface area contributed by atoms with Gasteiger partial charge in [-0.05, 0) is 32.3 Å². The van der Waals surface area contributed by atoms with Gasteiger partial charge < -0.3 is 10.1 Å². The van der Waals surface area contributed by atoms with Crippen LogP contribution in [0.1, 0.15) is 32.8 Å².